The number of hydrogen-bond acceptors (Lipinski definition) is 4. The minimum atomic E-state index is -0.311. The van der Waals surface area contributed by atoms with Gasteiger partial charge in [-0.2, -0.15) is 0 Å². The molecule has 4 rings (SSSR count). The standard InChI is InChI=1S/C36H61NO4/c1-7-8-21-39-23-24-40-22-20-37-34(38)41-29-16-18-35(5)28(25-29)12-13-30-32-15-14-31(27(4)11-9-10-26(2)3)36(32,6)19-17-33(30)35/h7-8,12,26-27,29-33H,9-11,13-25H2,1-6H3,(H,37,38)/b8-7+/t27-,29+,30?,31-,32?,33?,35+,36-/m1/s1. The van der Waals surface area contributed by atoms with Crippen molar-refractivity contribution in [3.8, 4) is 0 Å². The number of fused-ring (bicyclic) bond motifs is 5. The van der Waals surface area contributed by atoms with E-state index in [0.29, 0.717) is 38.4 Å². The lowest BCUT2D eigenvalue weighted by Crippen LogP contribution is -2.51. The fourth-order valence-electron chi connectivity index (χ4n) is 9.64. The maximum absolute atomic E-state index is 12.5. The van der Waals surface area contributed by atoms with Crippen molar-refractivity contribution in [2.24, 2.45) is 46.3 Å². The van der Waals surface area contributed by atoms with Crippen LogP contribution in [-0.2, 0) is 14.2 Å². The number of nitrogens with one attached hydrogen (secondary N) is 1. The van der Waals surface area contributed by atoms with Crippen molar-refractivity contribution in [1.82, 2.24) is 5.32 Å². The van der Waals surface area contributed by atoms with Crippen LogP contribution in [0, 0.1) is 46.3 Å². The van der Waals surface area contributed by atoms with Crippen molar-refractivity contribution in [1.29, 1.82) is 0 Å². The first-order valence-electron chi connectivity index (χ1n) is 17.1. The number of carbonyl (C=O) groups is 1. The van der Waals surface area contributed by atoms with Gasteiger partial charge in [-0.15, -0.1) is 0 Å². The molecule has 0 aromatic heterocycles. The van der Waals surface area contributed by atoms with Crippen molar-refractivity contribution in [3.63, 3.8) is 0 Å². The maximum Gasteiger partial charge on any atom is 0.407 e. The van der Waals surface area contributed by atoms with Gasteiger partial charge in [0.25, 0.3) is 0 Å². The van der Waals surface area contributed by atoms with Crippen LogP contribution in [0.3, 0.4) is 0 Å². The summed E-state index contributed by atoms with van der Waals surface area (Å²) in [7, 11) is 0. The molecule has 234 valence electrons. The summed E-state index contributed by atoms with van der Waals surface area (Å²) in [4.78, 5) is 12.5. The van der Waals surface area contributed by atoms with E-state index in [1.807, 2.05) is 19.1 Å². The molecule has 3 fully saturated rings. The van der Waals surface area contributed by atoms with E-state index >= 15 is 0 Å². The quantitative estimate of drug-likeness (QED) is 0.167. The molecule has 0 radical (unpaired) electrons. The second kappa shape index (κ2) is 14.9. The minimum absolute atomic E-state index is 0.0109. The average molecular weight is 572 g/mol. The van der Waals surface area contributed by atoms with Gasteiger partial charge in [-0.3, -0.25) is 0 Å². The summed E-state index contributed by atoms with van der Waals surface area (Å²) in [5, 5.41) is 2.87. The zero-order valence-corrected chi connectivity index (χ0v) is 27.2. The first-order valence-corrected chi connectivity index (χ1v) is 17.1. The largest absolute Gasteiger partial charge is 0.446 e. The minimum Gasteiger partial charge on any atom is -0.446 e. The van der Waals surface area contributed by atoms with Gasteiger partial charge in [-0.05, 0) is 98.2 Å². The van der Waals surface area contributed by atoms with E-state index in [4.69, 9.17) is 14.2 Å². The van der Waals surface area contributed by atoms with Gasteiger partial charge in [0.15, 0.2) is 0 Å². The summed E-state index contributed by atoms with van der Waals surface area (Å²) < 4.78 is 16.8. The fourth-order valence-corrected chi connectivity index (χ4v) is 9.64. The second-order valence-corrected chi connectivity index (χ2v) is 14.7. The van der Waals surface area contributed by atoms with Crippen LogP contribution in [0.4, 0.5) is 4.79 Å². The van der Waals surface area contributed by atoms with Crippen LogP contribution in [0.5, 0.6) is 0 Å². The molecule has 1 N–H and O–H groups in total. The van der Waals surface area contributed by atoms with Gasteiger partial charge >= 0.3 is 6.09 Å². The Hall–Kier alpha value is -1.33. The third-order valence-corrected chi connectivity index (χ3v) is 11.9. The SMILES string of the molecule is C/C=C/COCCOCCNC(=O)O[C@H]1CC[C@@]2(C)C(=CCC3C2CC[C@@]2(C)C3CC[C@@H]2[C@H](C)CCCC(C)C)C1. The molecule has 0 heterocycles. The van der Waals surface area contributed by atoms with E-state index in [9.17, 15) is 4.79 Å². The average Bonchev–Trinajstić information content (AvgIpc) is 3.29. The monoisotopic (exact) mass is 571 g/mol. The number of allylic oxidation sites excluding steroid dienone is 2. The molecule has 0 aromatic rings. The topological polar surface area (TPSA) is 56.8 Å². The molecule has 0 aromatic carbocycles. The molecule has 3 saturated carbocycles. The summed E-state index contributed by atoms with van der Waals surface area (Å²) >= 11 is 0. The zero-order chi connectivity index (χ0) is 29.5. The summed E-state index contributed by atoms with van der Waals surface area (Å²) in [6.45, 7) is 17.1. The van der Waals surface area contributed by atoms with Crippen molar-refractivity contribution >= 4 is 6.09 Å². The molecule has 3 unspecified atom stereocenters. The molecular formula is C36H61NO4. The Balaban J connectivity index is 1.24. The highest BCUT2D eigenvalue weighted by Gasteiger charge is 2.59. The Labute approximate surface area is 251 Å². The number of amides is 1. The van der Waals surface area contributed by atoms with Crippen LogP contribution >= 0.6 is 0 Å². The van der Waals surface area contributed by atoms with Crippen LogP contribution < -0.4 is 5.32 Å². The van der Waals surface area contributed by atoms with Crippen molar-refractivity contribution in [3.05, 3.63) is 23.8 Å². The molecule has 5 nitrogen and oxygen atoms in total. The molecular weight excluding hydrogens is 510 g/mol. The number of hydrogen-bond donors (Lipinski definition) is 1. The normalized spacial score (nSPS) is 35.5. The van der Waals surface area contributed by atoms with Gasteiger partial charge in [0.05, 0.1) is 26.4 Å². The smallest absolute Gasteiger partial charge is 0.407 e. The van der Waals surface area contributed by atoms with E-state index in [0.717, 1.165) is 54.8 Å². The first-order chi connectivity index (χ1) is 19.7. The fraction of sp³-hybridized carbons (Fsp3) is 0.861. The molecule has 5 heteroatoms. The molecule has 0 aliphatic heterocycles. The van der Waals surface area contributed by atoms with E-state index in [1.54, 1.807) is 5.57 Å². The molecule has 0 saturated heterocycles. The van der Waals surface area contributed by atoms with Crippen molar-refractivity contribution in [2.45, 2.75) is 118 Å². The van der Waals surface area contributed by atoms with E-state index < -0.39 is 0 Å². The Kier molecular flexibility index (Phi) is 11.8. The molecule has 4 aliphatic carbocycles. The highest BCUT2D eigenvalue weighted by Crippen LogP contribution is 2.67. The van der Waals surface area contributed by atoms with Crippen molar-refractivity contribution in [2.75, 3.05) is 33.0 Å². The lowest BCUT2D eigenvalue weighted by Gasteiger charge is -2.58. The summed E-state index contributed by atoms with van der Waals surface area (Å²) in [6, 6.07) is 0. The molecule has 41 heavy (non-hydrogen) atoms. The highest BCUT2D eigenvalue weighted by atomic mass is 16.6. The number of rotatable bonds is 14. The van der Waals surface area contributed by atoms with Gasteiger partial charge in [0, 0.05) is 13.0 Å². The first kappa shape index (κ1) is 32.6. The summed E-state index contributed by atoms with van der Waals surface area (Å²) in [6.07, 6.45) is 20.3. The Morgan fingerprint density at radius 1 is 1.02 bits per heavy atom. The maximum atomic E-state index is 12.5. The number of carbonyl (C=O) groups excluding carboxylic acids is 1. The molecule has 1 amide bonds. The van der Waals surface area contributed by atoms with Gasteiger partial charge in [-0.1, -0.05) is 77.7 Å². The van der Waals surface area contributed by atoms with Crippen LogP contribution in [0.25, 0.3) is 0 Å². The van der Waals surface area contributed by atoms with Crippen LogP contribution in [0.15, 0.2) is 23.8 Å². The van der Waals surface area contributed by atoms with Crippen LogP contribution in [0.2, 0.25) is 0 Å². The predicted octanol–water partition coefficient (Wildman–Crippen LogP) is 8.73. The van der Waals surface area contributed by atoms with Gasteiger partial charge in [-0.25, -0.2) is 4.79 Å². The third kappa shape index (κ3) is 7.80. The molecule has 4 aliphatic rings. The van der Waals surface area contributed by atoms with E-state index in [1.165, 1.54) is 51.4 Å². The highest BCUT2D eigenvalue weighted by molar-refractivity contribution is 5.67. The molecule has 8 atom stereocenters. The van der Waals surface area contributed by atoms with E-state index in [-0.39, 0.29) is 17.6 Å². The third-order valence-electron chi connectivity index (χ3n) is 11.9. The van der Waals surface area contributed by atoms with Gasteiger partial charge < -0.3 is 19.5 Å². The zero-order valence-electron chi connectivity index (χ0n) is 27.2. The van der Waals surface area contributed by atoms with Crippen LogP contribution in [0.1, 0.15) is 112 Å². The Bertz CT molecular complexity index is 898. The summed E-state index contributed by atoms with van der Waals surface area (Å²) in [5.74, 6) is 5.11. The number of ether oxygens (including phenoxy) is 3. The van der Waals surface area contributed by atoms with Crippen LogP contribution in [-0.4, -0.2) is 45.2 Å². The Morgan fingerprint density at radius 3 is 2.61 bits per heavy atom. The molecule has 0 bridgehead atoms. The Morgan fingerprint density at radius 2 is 1.83 bits per heavy atom. The summed E-state index contributed by atoms with van der Waals surface area (Å²) in [5.41, 5.74) is 2.38. The van der Waals surface area contributed by atoms with Gasteiger partial charge in [0.2, 0.25) is 0 Å². The van der Waals surface area contributed by atoms with E-state index in [2.05, 4.69) is 46.0 Å². The second-order valence-electron chi connectivity index (χ2n) is 14.7. The van der Waals surface area contributed by atoms with Gasteiger partial charge in [0.1, 0.15) is 6.10 Å². The lowest BCUT2D eigenvalue weighted by atomic mass is 9.47. The van der Waals surface area contributed by atoms with Crippen molar-refractivity contribution < 1.29 is 19.0 Å². The predicted molar refractivity (Wildman–Crippen MR) is 168 cm³/mol. The number of alkyl carbamates (subject to hydrolysis) is 1. The molecule has 0 spiro atoms. The lowest BCUT2D eigenvalue weighted by molar-refractivity contribution is -0.0581.